The Kier molecular flexibility index (Phi) is 3.50. The largest absolute Gasteiger partial charge is 0.412 e. The Morgan fingerprint density at radius 3 is 1.70 bits per heavy atom. The molecule has 0 bridgehead atoms. The molecule has 0 radical (unpaired) electrons. The number of rotatable bonds is 0. The molecule has 0 fully saturated rings. The highest BCUT2D eigenvalue weighted by atomic mass is 35.5. The van der Waals surface area contributed by atoms with Crippen LogP contribution in [0, 0.1) is 0 Å². The van der Waals surface area contributed by atoms with Gasteiger partial charge in [0.05, 0.1) is 0 Å². The minimum absolute atomic E-state index is 0. The zero-order valence-corrected chi connectivity index (χ0v) is 6.58. The normalized spacial score (nSPS) is 8.60. The molecule has 0 saturated carbocycles. The number of hydrogen-bond acceptors (Lipinski definition) is 1. The van der Waals surface area contributed by atoms with Gasteiger partial charge < -0.3 is 11.2 Å². The lowest BCUT2D eigenvalue weighted by Gasteiger charge is -1.93. The van der Waals surface area contributed by atoms with Gasteiger partial charge in [-0.25, -0.2) is 0 Å². The van der Waals surface area contributed by atoms with Crippen LogP contribution in [0.4, 0.5) is 5.69 Å². The van der Waals surface area contributed by atoms with Crippen molar-refractivity contribution in [3.63, 3.8) is 0 Å². The number of nitrogen functional groups attached to an aromatic ring is 1. The van der Waals surface area contributed by atoms with E-state index >= 15 is 0 Å². The number of benzene rings is 1. The third-order valence-electron chi connectivity index (χ3n) is 0.885. The molecule has 0 aliphatic rings. The average Bonchev–Trinajstić information content (AvgIpc) is 1.59. The summed E-state index contributed by atoms with van der Waals surface area (Å²) in [5, 5.41) is 1.14. The van der Waals surface area contributed by atoms with Gasteiger partial charge in [-0.15, -0.1) is 0 Å². The van der Waals surface area contributed by atoms with Crippen molar-refractivity contribution in [1.82, 2.24) is 0 Å². The highest BCUT2D eigenvalue weighted by Crippen LogP contribution is 2.19. The van der Waals surface area contributed by atoms with Crippen LogP contribution < -0.4 is 5.73 Å². The summed E-state index contributed by atoms with van der Waals surface area (Å²) in [5.74, 6) is 0. The van der Waals surface area contributed by atoms with Crippen molar-refractivity contribution >= 4 is 28.9 Å². The van der Waals surface area contributed by atoms with E-state index in [2.05, 4.69) is 0 Å². The standard InChI is InChI=1S/C6H5Cl2N.H2O/c7-4-1-5(8)3-6(9)2-4;/h1-3H,9H2;1H2. The van der Waals surface area contributed by atoms with E-state index in [-0.39, 0.29) is 5.48 Å². The summed E-state index contributed by atoms with van der Waals surface area (Å²) in [6, 6.07) is 4.93. The maximum absolute atomic E-state index is 5.59. The Labute approximate surface area is 68.9 Å². The van der Waals surface area contributed by atoms with Gasteiger partial charge in [-0.3, -0.25) is 0 Å². The number of halogens is 2. The predicted octanol–water partition coefficient (Wildman–Crippen LogP) is 1.75. The van der Waals surface area contributed by atoms with Crippen LogP contribution in [0.3, 0.4) is 0 Å². The monoisotopic (exact) mass is 179 g/mol. The molecule has 4 heteroatoms. The van der Waals surface area contributed by atoms with E-state index in [1.807, 2.05) is 0 Å². The fraction of sp³-hybridized carbons (Fsp3) is 0. The lowest BCUT2D eigenvalue weighted by atomic mass is 10.3. The van der Waals surface area contributed by atoms with Crippen molar-refractivity contribution in [3.8, 4) is 0 Å². The fourth-order valence-electron chi connectivity index (χ4n) is 0.575. The predicted molar refractivity (Wildman–Crippen MR) is 44.5 cm³/mol. The van der Waals surface area contributed by atoms with Gasteiger partial charge in [-0.2, -0.15) is 0 Å². The molecule has 1 rings (SSSR count). The van der Waals surface area contributed by atoms with E-state index in [9.17, 15) is 0 Å². The van der Waals surface area contributed by atoms with E-state index in [0.717, 1.165) is 0 Å². The van der Waals surface area contributed by atoms with Crippen LogP contribution in [0.25, 0.3) is 0 Å². The van der Waals surface area contributed by atoms with E-state index in [1.54, 1.807) is 18.2 Å². The molecule has 0 saturated heterocycles. The van der Waals surface area contributed by atoms with E-state index in [0.29, 0.717) is 15.7 Å². The molecule has 0 unspecified atom stereocenters. The first-order valence-corrected chi connectivity index (χ1v) is 3.15. The van der Waals surface area contributed by atoms with Gasteiger partial charge in [0.15, 0.2) is 0 Å². The van der Waals surface area contributed by atoms with Gasteiger partial charge >= 0.3 is 0 Å². The molecular formula is C6H7Cl2NO. The van der Waals surface area contributed by atoms with Crippen molar-refractivity contribution in [2.24, 2.45) is 0 Å². The molecule has 0 aliphatic carbocycles. The number of nitrogens with two attached hydrogens (primary N) is 1. The smallest absolute Gasteiger partial charge is 0.0441 e. The molecular weight excluding hydrogens is 173 g/mol. The molecule has 1 aromatic carbocycles. The maximum Gasteiger partial charge on any atom is 0.0441 e. The zero-order chi connectivity index (χ0) is 6.85. The minimum atomic E-state index is 0. The second kappa shape index (κ2) is 3.66. The van der Waals surface area contributed by atoms with E-state index in [4.69, 9.17) is 28.9 Å². The van der Waals surface area contributed by atoms with Gasteiger partial charge in [0.25, 0.3) is 0 Å². The first-order valence-electron chi connectivity index (χ1n) is 2.40. The first-order chi connectivity index (χ1) is 4.18. The van der Waals surface area contributed by atoms with Crippen molar-refractivity contribution in [3.05, 3.63) is 28.2 Å². The van der Waals surface area contributed by atoms with Crippen LogP contribution in [-0.2, 0) is 0 Å². The summed E-state index contributed by atoms with van der Waals surface area (Å²) in [7, 11) is 0. The summed E-state index contributed by atoms with van der Waals surface area (Å²) >= 11 is 11.2. The van der Waals surface area contributed by atoms with Crippen molar-refractivity contribution in [2.45, 2.75) is 0 Å². The molecule has 2 nitrogen and oxygen atoms in total. The lowest BCUT2D eigenvalue weighted by Crippen LogP contribution is -1.82. The minimum Gasteiger partial charge on any atom is -0.412 e. The topological polar surface area (TPSA) is 57.5 Å². The van der Waals surface area contributed by atoms with Gasteiger partial charge in [-0.05, 0) is 18.2 Å². The molecule has 0 amide bonds. The molecule has 0 heterocycles. The molecule has 10 heavy (non-hydrogen) atoms. The second-order valence-corrected chi connectivity index (χ2v) is 2.58. The van der Waals surface area contributed by atoms with Crippen LogP contribution >= 0.6 is 23.2 Å². The molecule has 0 atom stereocenters. The Bertz CT molecular complexity index is 177. The SMILES string of the molecule is Nc1cc(Cl)cc(Cl)c1.O. The molecule has 0 aliphatic heterocycles. The quantitative estimate of drug-likeness (QED) is 0.607. The molecule has 56 valence electrons. The Hall–Kier alpha value is -0.440. The summed E-state index contributed by atoms with van der Waals surface area (Å²) in [5.41, 5.74) is 5.98. The zero-order valence-electron chi connectivity index (χ0n) is 5.07. The summed E-state index contributed by atoms with van der Waals surface area (Å²) in [6.45, 7) is 0. The van der Waals surface area contributed by atoms with Crippen LogP contribution in [0.15, 0.2) is 18.2 Å². The second-order valence-electron chi connectivity index (χ2n) is 1.70. The number of hydrogen-bond donors (Lipinski definition) is 1. The van der Waals surface area contributed by atoms with Gasteiger partial charge in [0.2, 0.25) is 0 Å². The molecule has 0 spiro atoms. The third-order valence-corrected chi connectivity index (χ3v) is 1.32. The van der Waals surface area contributed by atoms with Gasteiger partial charge in [-0.1, -0.05) is 23.2 Å². The van der Waals surface area contributed by atoms with Crippen LogP contribution in [-0.4, -0.2) is 5.48 Å². The third kappa shape index (κ3) is 2.43. The highest BCUT2D eigenvalue weighted by Gasteiger charge is 1.91. The van der Waals surface area contributed by atoms with Crippen molar-refractivity contribution in [1.29, 1.82) is 0 Å². The maximum atomic E-state index is 5.59. The Balaban J connectivity index is 0.000000810. The van der Waals surface area contributed by atoms with E-state index in [1.165, 1.54) is 0 Å². The summed E-state index contributed by atoms with van der Waals surface area (Å²) in [4.78, 5) is 0. The number of anilines is 1. The Morgan fingerprint density at radius 1 is 1.00 bits per heavy atom. The van der Waals surface area contributed by atoms with Crippen LogP contribution in [0.5, 0.6) is 0 Å². The van der Waals surface area contributed by atoms with E-state index < -0.39 is 0 Å². The summed E-state index contributed by atoms with van der Waals surface area (Å²) < 4.78 is 0. The highest BCUT2D eigenvalue weighted by molar-refractivity contribution is 6.35. The van der Waals surface area contributed by atoms with Gasteiger partial charge in [0, 0.05) is 15.7 Å². The summed E-state index contributed by atoms with van der Waals surface area (Å²) in [6.07, 6.45) is 0. The Morgan fingerprint density at radius 2 is 1.40 bits per heavy atom. The average molecular weight is 180 g/mol. The van der Waals surface area contributed by atoms with Crippen molar-refractivity contribution in [2.75, 3.05) is 5.73 Å². The van der Waals surface area contributed by atoms with Crippen LogP contribution in [0.2, 0.25) is 10.0 Å². The van der Waals surface area contributed by atoms with Gasteiger partial charge in [0.1, 0.15) is 0 Å². The molecule has 4 N–H and O–H groups in total. The van der Waals surface area contributed by atoms with Crippen LogP contribution in [0.1, 0.15) is 0 Å². The molecule has 1 aromatic rings. The van der Waals surface area contributed by atoms with Crippen molar-refractivity contribution < 1.29 is 5.48 Å². The lowest BCUT2D eigenvalue weighted by molar-refractivity contribution is 0.824. The fourth-order valence-corrected chi connectivity index (χ4v) is 1.12. The molecule has 0 aromatic heterocycles. The first kappa shape index (κ1) is 9.56.